The van der Waals surface area contributed by atoms with E-state index in [1.807, 2.05) is 0 Å². The first kappa shape index (κ1) is 38.4. The van der Waals surface area contributed by atoms with E-state index in [1.54, 1.807) is 0 Å². The van der Waals surface area contributed by atoms with Crippen LogP contribution in [0.3, 0.4) is 0 Å². The summed E-state index contributed by atoms with van der Waals surface area (Å²) in [5.74, 6) is 0. The van der Waals surface area contributed by atoms with Crippen LogP contribution < -0.4 is 41.5 Å². The number of hydrogen-bond acceptors (Lipinski definition) is 0. The first-order chi connectivity index (χ1) is 29.9. The van der Waals surface area contributed by atoms with Crippen LogP contribution in [0.15, 0.2) is 243 Å². The Kier molecular flexibility index (Phi) is 9.87. The van der Waals surface area contributed by atoms with Gasteiger partial charge in [0.1, 0.15) is 0 Å². The molecule has 10 rings (SSSR count). The number of nitrogens with zero attached hydrogens (tertiary/aromatic N) is 1. The van der Waals surface area contributed by atoms with Crippen molar-refractivity contribution in [2.75, 3.05) is 0 Å². The fourth-order valence-electron chi connectivity index (χ4n) is 10.2. The molecule has 61 heavy (non-hydrogen) atoms. The smallest absolute Gasteiger partial charge is 0.180 e. The number of benzene rings is 9. The molecule has 1 aromatic heterocycles. The quantitative estimate of drug-likeness (QED) is 0.102. The molecule has 0 spiro atoms. The second-order valence-corrected chi connectivity index (χ2v) is 24.7. The van der Waals surface area contributed by atoms with E-state index in [9.17, 15) is 0 Å². The monoisotopic (exact) mass is 815 g/mol. The Morgan fingerprint density at radius 1 is 0.328 bits per heavy atom. The molecule has 0 N–H and O–H groups in total. The molecule has 0 radical (unpaired) electrons. The average Bonchev–Trinajstić information content (AvgIpc) is 3.66. The molecule has 0 aliphatic heterocycles. The van der Waals surface area contributed by atoms with Crippen molar-refractivity contribution < 1.29 is 0 Å². The topological polar surface area (TPSA) is 4.93 Å². The van der Waals surface area contributed by atoms with E-state index in [2.05, 4.69) is 268 Å². The van der Waals surface area contributed by atoms with Crippen LogP contribution in [0, 0.1) is 0 Å². The summed E-state index contributed by atoms with van der Waals surface area (Å²) in [7, 11) is -6.37. The zero-order valence-electron chi connectivity index (χ0n) is 35.0. The summed E-state index contributed by atoms with van der Waals surface area (Å²) in [5.41, 5.74) is 4.98. The van der Waals surface area contributed by atoms with Crippen molar-refractivity contribution in [2.45, 2.75) is 26.2 Å². The van der Waals surface area contributed by atoms with E-state index < -0.39 is 16.1 Å². The van der Waals surface area contributed by atoms with E-state index in [0.717, 1.165) is 0 Å². The third kappa shape index (κ3) is 6.27. The summed E-state index contributed by atoms with van der Waals surface area (Å²) in [6.45, 7) is 6.87. The summed E-state index contributed by atoms with van der Waals surface area (Å²) >= 11 is 0. The van der Waals surface area contributed by atoms with E-state index in [4.69, 9.17) is 0 Å². The molecule has 0 bridgehead atoms. The maximum atomic E-state index is 2.56. The number of rotatable bonds is 9. The van der Waals surface area contributed by atoms with Gasteiger partial charge in [-0.05, 0) is 76.7 Å². The highest BCUT2D eigenvalue weighted by atomic mass is 28.3. The minimum Gasteiger partial charge on any atom is -0.309 e. The van der Waals surface area contributed by atoms with E-state index in [1.165, 1.54) is 74.6 Å². The molecule has 10 aromatic rings. The van der Waals surface area contributed by atoms with Gasteiger partial charge in [0.05, 0.1) is 11.0 Å². The second kappa shape index (κ2) is 15.7. The summed E-state index contributed by atoms with van der Waals surface area (Å²) in [6, 6.07) is 92.3. The highest BCUT2D eigenvalue weighted by Gasteiger charge is 2.51. The fourth-order valence-corrected chi connectivity index (χ4v) is 21.2. The highest BCUT2D eigenvalue weighted by molar-refractivity contribution is 7.27. The van der Waals surface area contributed by atoms with E-state index in [-0.39, 0.29) is 5.41 Å². The first-order valence-corrected chi connectivity index (χ1v) is 25.4. The number of fused-ring (bicyclic) bond motifs is 3. The van der Waals surface area contributed by atoms with Gasteiger partial charge in [0.2, 0.25) is 0 Å². The van der Waals surface area contributed by atoms with Crippen molar-refractivity contribution in [3.8, 4) is 5.69 Å². The summed E-state index contributed by atoms with van der Waals surface area (Å²) in [4.78, 5) is 0. The standard InChI is InChI=1S/C58H49NSi2/c1-58(2,3)44-38-40-45(41-39-44)59-53-37-23-22-36-52(53)56-54(59)42-43-55(60(46-24-10-4-11-25-46,47-26-12-5-13-27-47)48-28-14-6-15-29-48)57(56)61(49-30-16-7-17-31-49,50-32-18-8-19-33-50)51-34-20-9-21-35-51/h4-43H,1-3H3. The van der Waals surface area contributed by atoms with Gasteiger partial charge >= 0.3 is 0 Å². The van der Waals surface area contributed by atoms with Crippen LogP contribution in [0.1, 0.15) is 26.3 Å². The molecule has 0 atom stereocenters. The van der Waals surface area contributed by atoms with Crippen LogP contribution in [0.25, 0.3) is 27.5 Å². The molecule has 3 heteroatoms. The Balaban J connectivity index is 1.51. The van der Waals surface area contributed by atoms with Gasteiger partial charge in [0.25, 0.3) is 0 Å². The van der Waals surface area contributed by atoms with Gasteiger partial charge in [-0.2, -0.15) is 0 Å². The van der Waals surface area contributed by atoms with Gasteiger partial charge in [-0.25, -0.2) is 0 Å². The van der Waals surface area contributed by atoms with Crippen LogP contribution in [0.5, 0.6) is 0 Å². The average molecular weight is 816 g/mol. The van der Waals surface area contributed by atoms with Crippen molar-refractivity contribution in [2.24, 2.45) is 0 Å². The Hall–Kier alpha value is -6.79. The van der Waals surface area contributed by atoms with Crippen LogP contribution >= 0.6 is 0 Å². The minimum atomic E-state index is -3.23. The normalized spacial score (nSPS) is 12.2. The Labute approximate surface area is 362 Å². The van der Waals surface area contributed by atoms with Crippen LogP contribution in [-0.4, -0.2) is 20.7 Å². The van der Waals surface area contributed by atoms with Crippen LogP contribution in [0.2, 0.25) is 0 Å². The number of hydrogen-bond donors (Lipinski definition) is 0. The van der Waals surface area contributed by atoms with Crippen molar-refractivity contribution >= 4 is 79.4 Å². The second-order valence-electron chi connectivity index (χ2n) is 17.2. The maximum absolute atomic E-state index is 3.23. The summed E-state index contributed by atoms with van der Waals surface area (Å²) in [6.07, 6.45) is 0. The first-order valence-electron chi connectivity index (χ1n) is 21.4. The number of aromatic nitrogens is 1. The molecule has 1 nitrogen and oxygen atoms in total. The van der Waals surface area contributed by atoms with Crippen LogP contribution in [0.4, 0.5) is 0 Å². The Morgan fingerprint density at radius 3 is 1.08 bits per heavy atom. The Morgan fingerprint density at radius 2 is 0.689 bits per heavy atom. The lowest BCUT2D eigenvalue weighted by Gasteiger charge is -2.42. The van der Waals surface area contributed by atoms with E-state index in [0.29, 0.717) is 0 Å². The lowest BCUT2D eigenvalue weighted by molar-refractivity contribution is 0.590. The fraction of sp³-hybridized carbons (Fsp3) is 0.0690. The SMILES string of the molecule is CC(C)(C)c1ccc(-n2c3ccccc3c3c([Si](c4ccccc4)(c4ccccc4)c4ccccc4)c([Si](c4ccccc4)(c4ccccc4)c4ccccc4)ccc32)cc1. The van der Waals surface area contributed by atoms with Gasteiger partial charge in [0.15, 0.2) is 16.1 Å². The molecule has 0 saturated carbocycles. The predicted octanol–water partition coefficient (Wildman–Crippen LogP) is 8.84. The molecule has 1 heterocycles. The predicted molar refractivity (Wildman–Crippen MR) is 267 cm³/mol. The molecule has 0 aliphatic carbocycles. The zero-order valence-corrected chi connectivity index (χ0v) is 37.0. The van der Waals surface area contributed by atoms with Crippen LogP contribution in [-0.2, 0) is 5.41 Å². The third-order valence-electron chi connectivity index (χ3n) is 12.8. The summed E-state index contributed by atoms with van der Waals surface area (Å²) < 4.78 is 2.53. The van der Waals surface area contributed by atoms with Gasteiger partial charge in [-0.3, -0.25) is 0 Å². The molecular formula is C58H49NSi2. The molecule has 0 saturated heterocycles. The van der Waals surface area contributed by atoms with Crippen molar-refractivity contribution in [1.82, 2.24) is 4.57 Å². The molecular weight excluding hydrogens is 767 g/mol. The lowest BCUT2D eigenvalue weighted by atomic mass is 9.87. The Bertz CT molecular complexity index is 2870. The van der Waals surface area contributed by atoms with E-state index >= 15 is 0 Å². The molecule has 9 aromatic carbocycles. The molecule has 0 fully saturated rings. The van der Waals surface area contributed by atoms with Gasteiger partial charge in [0, 0.05) is 16.5 Å². The van der Waals surface area contributed by atoms with Gasteiger partial charge < -0.3 is 4.57 Å². The third-order valence-corrected chi connectivity index (χ3v) is 22.8. The number of para-hydroxylation sites is 1. The largest absolute Gasteiger partial charge is 0.309 e. The molecule has 294 valence electrons. The maximum Gasteiger partial charge on any atom is 0.180 e. The zero-order chi connectivity index (χ0) is 41.4. The minimum absolute atomic E-state index is 0.0496. The van der Waals surface area contributed by atoms with Crippen molar-refractivity contribution in [1.29, 1.82) is 0 Å². The molecule has 0 unspecified atom stereocenters. The van der Waals surface area contributed by atoms with Gasteiger partial charge in [-0.1, -0.05) is 239 Å². The molecule has 0 aliphatic rings. The van der Waals surface area contributed by atoms with Gasteiger partial charge in [-0.15, -0.1) is 0 Å². The van der Waals surface area contributed by atoms with Crippen molar-refractivity contribution in [3.63, 3.8) is 0 Å². The summed E-state index contributed by atoms with van der Waals surface area (Å²) in [5, 5.41) is 13.7. The molecule has 0 amide bonds. The van der Waals surface area contributed by atoms with Crippen molar-refractivity contribution in [3.05, 3.63) is 248 Å². The lowest BCUT2D eigenvalue weighted by Crippen LogP contribution is -2.84. The highest BCUT2D eigenvalue weighted by Crippen LogP contribution is 2.34.